The van der Waals surface area contributed by atoms with Gasteiger partial charge < -0.3 is 4.90 Å². The quantitative estimate of drug-likeness (QED) is 0.562. The number of aromatic nitrogens is 2. The lowest BCUT2D eigenvalue weighted by molar-refractivity contribution is -0.132. The molecular weight excluding hydrogens is 393 g/mol. The Balaban J connectivity index is 1.70. The summed E-state index contributed by atoms with van der Waals surface area (Å²) in [5, 5.41) is 0.484. The van der Waals surface area contributed by atoms with E-state index in [-0.39, 0.29) is 17.3 Å². The molecule has 0 N–H and O–H groups in total. The van der Waals surface area contributed by atoms with Crippen molar-refractivity contribution in [2.75, 3.05) is 7.05 Å². The Kier molecular flexibility index (Phi) is 6.16. The van der Waals surface area contributed by atoms with E-state index in [1.165, 1.54) is 42.4 Å². The summed E-state index contributed by atoms with van der Waals surface area (Å²) < 4.78 is 15.0. The molecule has 1 aliphatic rings. The van der Waals surface area contributed by atoms with Crippen molar-refractivity contribution >= 4 is 16.8 Å². The van der Waals surface area contributed by atoms with Gasteiger partial charge in [-0.15, -0.1) is 0 Å². The third-order valence-corrected chi connectivity index (χ3v) is 6.48. The van der Waals surface area contributed by atoms with Crippen LogP contribution in [0.25, 0.3) is 16.6 Å². The first-order chi connectivity index (χ1) is 15.0. The molecule has 162 valence electrons. The van der Waals surface area contributed by atoms with Gasteiger partial charge in [0.25, 0.3) is 5.56 Å². The monoisotopic (exact) mass is 421 g/mol. The van der Waals surface area contributed by atoms with Gasteiger partial charge in [-0.3, -0.25) is 14.2 Å². The molecule has 5 nitrogen and oxygen atoms in total. The van der Waals surface area contributed by atoms with Crippen LogP contribution in [0.2, 0.25) is 0 Å². The summed E-state index contributed by atoms with van der Waals surface area (Å²) in [5.74, 6) is 0.780. The van der Waals surface area contributed by atoms with Gasteiger partial charge >= 0.3 is 0 Å². The average molecular weight is 422 g/mol. The maximum atomic E-state index is 13.5. The van der Waals surface area contributed by atoms with E-state index in [1.807, 2.05) is 13.0 Å². The zero-order chi connectivity index (χ0) is 22.0. The first-order valence-corrected chi connectivity index (χ1v) is 11.0. The Morgan fingerprint density at radius 2 is 1.84 bits per heavy atom. The summed E-state index contributed by atoms with van der Waals surface area (Å²) in [6.07, 6.45) is 6.35. The number of halogens is 1. The van der Waals surface area contributed by atoms with Crippen LogP contribution in [0.1, 0.15) is 57.3 Å². The van der Waals surface area contributed by atoms with E-state index in [0.717, 1.165) is 6.42 Å². The van der Waals surface area contributed by atoms with E-state index >= 15 is 0 Å². The predicted octanol–water partition coefficient (Wildman–Crippen LogP) is 5.01. The van der Waals surface area contributed by atoms with Crippen molar-refractivity contribution < 1.29 is 9.18 Å². The summed E-state index contributed by atoms with van der Waals surface area (Å²) in [6, 6.07) is 12.5. The highest BCUT2D eigenvalue weighted by Crippen LogP contribution is 2.29. The van der Waals surface area contributed by atoms with Gasteiger partial charge in [-0.1, -0.05) is 37.8 Å². The van der Waals surface area contributed by atoms with Gasteiger partial charge in [-0.2, -0.15) is 0 Å². The van der Waals surface area contributed by atoms with Crippen molar-refractivity contribution in [2.24, 2.45) is 5.92 Å². The maximum absolute atomic E-state index is 13.5. The first-order valence-electron chi connectivity index (χ1n) is 11.0. The van der Waals surface area contributed by atoms with Crippen molar-refractivity contribution in [1.82, 2.24) is 14.5 Å². The number of nitrogens with zero attached hydrogens (tertiary/aromatic N) is 3. The Morgan fingerprint density at radius 3 is 2.55 bits per heavy atom. The van der Waals surface area contributed by atoms with Crippen LogP contribution in [0.15, 0.2) is 53.3 Å². The van der Waals surface area contributed by atoms with Crippen molar-refractivity contribution in [3.8, 4) is 5.69 Å². The van der Waals surface area contributed by atoms with Gasteiger partial charge in [0.15, 0.2) is 0 Å². The van der Waals surface area contributed by atoms with Crippen LogP contribution in [0.4, 0.5) is 4.39 Å². The largest absolute Gasteiger partial charge is 0.336 e. The highest BCUT2D eigenvalue weighted by Gasteiger charge is 2.25. The number of carbonyl (C=O) groups excluding carboxylic acids is 1. The van der Waals surface area contributed by atoms with Crippen LogP contribution >= 0.6 is 0 Å². The lowest BCUT2D eigenvalue weighted by Gasteiger charge is -2.27. The Hall–Kier alpha value is -3.02. The number of rotatable bonds is 6. The highest BCUT2D eigenvalue weighted by atomic mass is 19.1. The minimum absolute atomic E-state index is 0.0486. The molecule has 1 amide bonds. The average Bonchev–Trinajstić information content (AvgIpc) is 3.31. The minimum Gasteiger partial charge on any atom is -0.336 e. The SMILES string of the molecule is CC(c1nc2ccccc2c(=O)n1-c1ccc(F)cc1)N(C)C(=O)CCC1CCCC1. The standard InChI is InChI=1S/C25H28FN3O2/c1-17(28(2)23(30)16-11-18-7-3-4-8-18)24-27-22-10-6-5-9-21(22)25(31)29(24)20-14-12-19(26)13-15-20/h5-6,9-10,12-15,17-18H,3-4,7-8,11,16H2,1-2H3. The molecule has 1 saturated carbocycles. The summed E-state index contributed by atoms with van der Waals surface area (Å²) in [6.45, 7) is 1.88. The molecule has 1 fully saturated rings. The van der Waals surface area contributed by atoms with Crippen molar-refractivity contribution in [1.29, 1.82) is 0 Å². The Labute approximate surface area is 181 Å². The lowest BCUT2D eigenvalue weighted by atomic mass is 10.0. The molecule has 0 saturated heterocycles. The molecular formula is C25H28FN3O2. The van der Waals surface area contributed by atoms with Crippen molar-refractivity contribution in [3.63, 3.8) is 0 Å². The van der Waals surface area contributed by atoms with Gasteiger partial charge in [-0.05, 0) is 55.7 Å². The molecule has 1 aromatic heterocycles. The molecule has 6 heteroatoms. The molecule has 1 heterocycles. The van der Waals surface area contributed by atoms with Crippen molar-refractivity contribution in [3.05, 3.63) is 70.5 Å². The second kappa shape index (κ2) is 9.00. The van der Waals surface area contributed by atoms with Crippen LogP contribution in [-0.4, -0.2) is 27.4 Å². The number of para-hydroxylation sites is 1. The number of benzene rings is 2. The van der Waals surface area contributed by atoms with Crippen LogP contribution in [-0.2, 0) is 4.79 Å². The number of hydrogen-bond acceptors (Lipinski definition) is 3. The normalized spacial score (nSPS) is 15.3. The predicted molar refractivity (Wildman–Crippen MR) is 120 cm³/mol. The molecule has 0 radical (unpaired) electrons. The van der Waals surface area contributed by atoms with Gasteiger partial charge in [-0.25, -0.2) is 9.37 Å². The van der Waals surface area contributed by atoms with Gasteiger partial charge in [0.05, 0.1) is 22.6 Å². The third-order valence-electron chi connectivity index (χ3n) is 6.48. The Morgan fingerprint density at radius 1 is 1.16 bits per heavy atom. The summed E-state index contributed by atoms with van der Waals surface area (Å²) in [5.41, 5.74) is 0.878. The van der Waals surface area contributed by atoms with E-state index in [2.05, 4.69) is 0 Å². The van der Waals surface area contributed by atoms with E-state index in [1.54, 1.807) is 42.3 Å². The Bertz CT molecular complexity index is 1130. The fourth-order valence-corrected chi connectivity index (χ4v) is 4.46. The number of fused-ring (bicyclic) bond motifs is 1. The van der Waals surface area contributed by atoms with Gasteiger partial charge in [0.1, 0.15) is 11.6 Å². The van der Waals surface area contributed by atoms with Crippen LogP contribution in [0, 0.1) is 11.7 Å². The molecule has 2 aromatic carbocycles. The first kappa shape index (κ1) is 21.2. The van der Waals surface area contributed by atoms with E-state index in [4.69, 9.17) is 4.98 Å². The van der Waals surface area contributed by atoms with Crippen molar-refractivity contribution in [2.45, 2.75) is 51.5 Å². The second-order valence-corrected chi connectivity index (χ2v) is 8.47. The molecule has 4 rings (SSSR count). The topological polar surface area (TPSA) is 55.2 Å². The molecule has 1 unspecified atom stereocenters. The fraction of sp³-hybridized carbons (Fsp3) is 0.400. The summed E-state index contributed by atoms with van der Waals surface area (Å²) in [7, 11) is 1.76. The molecule has 1 atom stereocenters. The van der Waals surface area contributed by atoms with E-state index in [0.29, 0.717) is 34.8 Å². The zero-order valence-corrected chi connectivity index (χ0v) is 18.1. The number of carbonyl (C=O) groups is 1. The summed E-state index contributed by atoms with van der Waals surface area (Å²) in [4.78, 5) is 32.7. The molecule has 31 heavy (non-hydrogen) atoms. The van der Waals surface area contributed by atoms with Gasteiger partial charge in [0, 0.05) is 13.5 Å². The third kappa shape index (κ3) is 4.38. The maximum Gasteiger partial charge on any atom is 0.266 e. The number of amides is 1. The lowest BCUT2D eigenvalue weighted by Crippen LogP contribution is -2.35. The van der Waals surface area contributed by atoms with Gasteiger partial charge in [0.2, 0.25) is 5.91 Å². The minimum atomic E-state index is -0.418. The number of hydrogen-bond donors (Lipinski definition) is 0. The highest BCUT2D eigenvalue weighted by molar-refractivity contribution is 5.78. The smallest absolute Gasteiger partial charge is 0.266 e. The molecule has 0 spiro atoms. The molecule has 0 bridgehead atoms. The van der Waals surface area contributed by atoms with Crippen LogP contribution in [0.3, 0.4) is 0 Å². The van der Waals surface area contributed by atoms with Crippen LogP contribution < -0.4 is 5.56 Å². The molecule has 0 aliphatic heterocycles. The summed E-state index contributed by atoms with van der Waals surface area (Å²) >= 11 is 0. The molecule has 3 aromatic rings. The van der Waals surface area contributed by atoms with E-state index < -0.39 is 6.04 Å². The van der Waals surface area contributed by atoms with E-state index in [9.17, 15) is 14.0 Å². The zero-order valence-electron chi connectivity index (χ0n) is 18.1. The second-order valence-electron chi connectivity index (χ2n) is 8.47. The van der Waals surface area contributed by atoms with Crippen LogP contribution in [0.5, 0.6) is 0 Å². The fourth-order valence-electron chi connectivity index (χ4n) is 4.46. The molecule has 1 aliphatic carbocycles.